The monoisotopic (exact) mass is 294 g/mol. The Morgan fingerprint density at radius 1 is 1.29 bits per heavy atom. The van der Waals surface area contributed by atoms with Crippen molar-refractivity contribution in [2.24, 2.45) is 0 Å². The number of nitrogens with zero attached hydrogens (tertiary/aromatic N) is 1. The van der Waals surface area contributed by atoms with Crippen LogP contribution in [0, 0.1) is 6.92 Å². The number of amides is 1. The Kier molecular flexibility index (Phi) is 6.62. The average Bonchev–Trinajstić information content (AvgIpc) is 2.42. The Morgan fingerprint density at radius 2 is 2.00 bits per heavy atom. The minimum Gasteiger partial charge on any atom is -0.478 e. The number of hydrogen-bond acceptors (Lipinski definition) is 4. The topological polar surface area (TPSA) is 60.5 Å². The summed E-state index contributed by atoms with van der Waals surface area (Å²) in [7, 11) is 0. The van der Waals surface area contributed by atoms with Crippen LogP contribution in [-0.2, 0) is 9.53 Å². The Balaban J connectivity index is 2.86. The maximum atomic E-state index is 12.5. The van der Waals surface area contributed by atoms with Crippen molar-refractivity contribution < 1.29 is 14.3 Å². The third-order valence-electron chi connectivity index (χ3n) is 3.27. The Hall–Kier alpha value is -1.62. The molecule has 21 heavy (non-hydrogen) atoms. The molecule has 0 fully saturated rings. The fourth-order valence-electron chi connectivity index (χ4n) is 2.20. The number of hydrogen-bond donors (Lipinski definition) is 1. The molecule has 1 heterocycles. The van der Waals surface area contributed by atoms with Gasteiger partial charge in [-0.25, -0.2) is 4.98 Å². The number of anilines is 1. The molecule has 118 valence electrons. The molecular weight excluding hydrogens is 268 g/mol. The maximum Gasteiger partial charge on any atom is 0.256 e. The summed E-state index contributed by atoms with van der Waals surface area (Å²) in [5.74, 6) is 0.425. The third kappa shape index (κ3) is 4.70. The van der Waals surface area contributed by atoms with E-state index >= 15 is 0 Å². The van der Waals surface area contributed by atoms with Crippen molar-refractivity contribution in [3.8, 4) is 5.88 Å². The van der Waals surface area contributed by atoms with Gasteiger partial charge in [-0.05, 0) is 40.2 Å². The quantitative estimate of drug-likeness (QED) is 0.799. The normalized spacial score (nSPS) is 13.6. The molecule has 1 amide bonds. The molecule has 0 radical (unpaired) electrons. The summed E-state index contributed by atoms with van der Waals surface area (Å²) >= 11 is 0. The van der Waals surface area contributed by atoms with Crippen LogP contribution in [0.4, 0.5) is 5.69 Å². The molecule has 1 N–H and O–H groups in total. The lowest BCUT2D eigenvalue weighted by Gasteiger charge is -2.28. The first-order valence-corrected chi connectivity index (χ1v) is 7.52. The van der Waals surface area contributed by atoms with Gasteiger partial charge in [0.2, 0.25) is 5.88 Å². The highest BCUT2D eigenvalue weighted by molar-refractivity contribution is 5.97. The molecule has 0 unspecified atom stereocenters. The Bertz CT molecular complexity index is 469. The molecule has 1 atom stereocenters. The van der Waals surface area contributed by atoms with Crippen LogP contribution >= 0.6 is 0 Å². The summed E-state index contributed by atoms with van der Waals surface area (Å²) in [6.45, 7) is 10.6. The molecule has 1 aromatic rings. The van der Waals surface area contributed by atoms with Gasteiger partial charge in [0.15, 0.2) is 0 Å². The second-order valence-electron chi connectivity index (χ2n) is 5.08. The molecule has 0 bridgehead atoms. The second-order valence-corrected chi connectivity index (χ2v) is 5.08. The standard InChI is InChI=1S/C16H26N2O3/c1-6-11-16(5,21-8-3)15(19)18-13-9-10-14(20-7-2)17-12(13)4/h9-10H,6-8,11H2,1-5H3,(H,18,19)/t16-/m0/s1. The molecule has 0 saturated heterocycles. The summed E-state index contributed by atoms with van der Waals surface area (Å²) in [6, 6.07) is 3.56. The average molecular weight is 294 g/mol. The van der Waals surface area contributed by atoms with Crippen LogP contribution in [0.25, 0.3) is 0 Å². The number of carbonyl (C=O) groups is 1. The van der Waals surface area contributed by atoms with E-state index in [0.717, 1.165) is 12.1 Å². The van der Waals surface area contributed by atoms with Gasteiger partial charge in [-0.3, -0.25) is 4.79 Å². The van der Waals surface area contributed by atoms with Crippen LogP contribution in [0.15, 0.2) is 12.1 Å². The van der Waals surface area contributed by atoms with Crippen LogP contribution in [-0.4, -0.2) is 29.7 Å². The summed E-state index contributed by atoms with van der Waals surface area (Å²) in [5.41, 5.74) is 0.601. The first-order valence-electron chi connectivity index (χ1n) is 7.52. The molecule has 0 aliphatic rings. The molecule has 0 spiro atoms. The number of aromatic nitrogens is 1. The predicted octanol–water partition coefficient (Wildman–Crippen LogP) is 3.32. The van der Waals surface area contributed by atoms with Gasteiger partial charge >= 0.3 is 0 Å². The molecule has 0 aromatic carbocycles. The minimum absolute atomic E-state index is 0.139. The highest BCUT2D eigenvalue weighted by Gasteiger charge is 2.33. The van der Waals surface area contributed by atoms with Gasteiger partial charge < -0.3 is 14.8 Å². The molecule has 0 aliphatic carbocycles. The van der Waals surface area contributed by atoms with Gasteiger partial charge in [0, 0.05) is 12.7 Å². The van der Waals surface area contributed by atoms with Crippen molar-refractivity contribution in [2.75, 3.05) is 18.5 Å². The lowest BCUT2D eigenvalue weighted by Crippen LogP contribution is -2.42. The summed E-state index contributed by atoms with van der Waals surface area (Å²) in [5, 5.41) is 2.91. The SMILES string of the molecule is CCC[C@](C)(OCC)C(=O)Nc1ccc(OCC)nc1C. The van der Waals surface area contributed by atoms with Crippen LogP contribution in [0.3, 0.4) is 0 Å². The molecular formula is C16H26N2O3. The zero-order valence-electron chi connectivity index (χ0n) is 13.7. The number of nitrogens with one attached hydrogen (secondary N) is 1. The zero-order valence-corrected chi connectivity index (χ0v) is 13.7. The first kappa shape index (κ1) is 17.4. The summed E-state index contributed by atoms with van der Waals surface area (Å²) < 4.78 is 11.0. The van der Waals surface area contributed by atoms with Crippen molar-refractivity contribution >= 4 is 11.6 Å². The molecule has 5 heteroatoms. The van der Waals surface area contributed by atoms with E-state index in [1.807, 2.05) is 40.7 Å². The lowest BCUT2D eigenvalue weighted by molar-refractivity contribution is -0.139. The number of rotatable bonds is 8. The van der Waals surface area contributed by atoms with Crippen molar-refractivity contribution in [3.63, 3.8) is 0 Å². The zero-order chi connectivity index (χ0) is 15.9. The first-order chi connectivity index (χ1) is 9.96. The summed E-state index contributed by atoms with van der Waals surface area (Å²) in [4.78, 5) is 16.8. The third-order valence-corrected chi connectivity index (χ3v) is 3.27. The molecule has 1 aromatic heterocycles. The van der Waals surface area contributed by atoms with Crippen LogP contribution in [0.2, 0.25) is 0 Å². The molecule has 1 rings (SSSR count). The molecule has 0 aliphatic heterocycles. The maximum absolute atomic E-state index is 12.5. The predicted molar refractivity (Wildman–Crippen MR) is 83.7 cm³/mol. The van der Waals surface area contributed by atoms with Crippen molar-refractivity contribution in [1.29, 1.82) is 0 Å². The molecule has 0 saturated carbocycles. The number of aryl methyl sites for hydroxylation is 1. The van der Waals surface area contributed by atoms with E-state index in [1.54, 1.807) is 6.07 Å². The number of carbonyl (C=O) groups excluding carboxylic acids is 1. The van der Waals surface area contributed by atoms with E-state index in [2.05, 4.69) is 10.3 Å². The second kappa shape index (κ2) is 7.98. The smallest absolute Gasteiger partial charge is 0.256 e. The summed E-state index contributed by atoms with van der Waals surface area (Å²) in [6.07, 6.45) is 1.56. The van der Waals surface area contributed by atoms with Crippen molar-refractivity contribution in [3.05, 3.63) is 17.8 Å². The van der Waals surface area contributed by atoms with Crippen LogP contribution < -0.4 is 10.1 Å². The minimum atomic E-state index is -0.811. The molecule has 5 nitrogen and oxygen atoms in total. The van der Waals surface area contributed by atoms with Crippen LogP contribution in [0.5, 0.6) is 5.88 Å². The fourth-order valence-corrected chi connectivity index (χ4v) is 2.20. The number of ether oxygens (including phenoxy) is 2. The van der Waals surface area contributed by atoms with Gasteiger partial charge in [0.25, 0.3) is 5.91 Å². The lowest BCUT2D eigenvalue weighted by atomic mass is 9.99. The van der Waals surface area contributed by atoms with E-state index in [1.165, 1.54) is 0 Å². The van der Waals surface area contributed by atoms with Gasteiger partial charge in [-0.2, -0.15) is 0 Å². The van der Waals surface area contributed by atoms with Crippen LogP contribution in [0.1, 0.15) is 46.2 Å². The largest absolute Gasteiger partial charge is 0.478 e. The Morgan fingerprint density at radius 3 is 2.52 bits per heavy atom. The van der Waals surface area contributed by atoms with E-state index in [0.29, 0.717) is 31.2 Å². The highest BCUT2D eigenvalue weighted by Crippen LogP contribution is 2.23. The van der Waals surface area contributed by atoms with Crippen molar-refractivity contribution in [2.45, 2.75) is 53.1 Å². The highest BCUT2D eigenvalue weighted by atomic mass is 16.5. The van der Waals surface area contributed by atoms with Gasteiger partial charge in [0.05, 0.1) is 18.0 Å². The van der Waals surface area contributed by atoms with E-state index in [9.17, 15) is 4.79 Å². The van der Waals surface area contributed by atoms with Crippen molar-refractivity contribution in [1.82, 2.24) is 4.98 Å². The van der Waals surface area contributed by atoms with Gasteiger partial charge in [-0.1, -0.05) is 13.3 Å². The fraction of sp³-hybridized carbons (Fsp3) is 0.625. The van der Waals surface area contributed by atoms with Gasteiger partial charge in [-0.15, -0.1) is 0 Å². The Labute approximate surface area is 127 Å². The number of pyridine rings is 1. The van der Waals surface area contributed by atoms with E-state index in [4.69, 9.17) is 9.47 Å². The van der Waals surface area contributed by atoms with E-state index < -0.39 is 5.60 Å². The van der Waals surface area contributed by atoms with Gasteiger partial charge in [0.1, 0.15) is 5.60 Å². The van der Waals surface area contributed by atoms with E-state index in [-0.39, 0.29) is 5.91 Å².